The fraction of sp³-hybridized carbons (Fsp3) is 0.0667. The molecule has 1 nitrogen and oxygen atoms in total. The van der Waals surface area contributed by atoms with E-state index < -0.39 is 5.41 Å². The Hall–Kier alpha value is -7.26. The predicted molar refractivity (Wildman–Crippen MR) is 264 cm³/mol. The van der Waals surface area contributed by atoms with E-state index in [1.807, 2.05) is 11.3 Å². The third-order valence-electron chi connectivity index (χ3n) is 14.1. The van der Waals surface area contributed by atoms with E-state index in [2.05, 4.69) is 231 Å². The monoisotopic (exact) mass is 807 g/mol. The fourth-order valence-corrected chi connectivity index (χ4v) is 12.6. The lowest BCUT2D eigenvalue weighted by molar-refractivity contribution is 0.660. The quantitative estimate of drug-likeness (QED) is 0.157. The van der Waals surface area contributed by atoms with Crippen molar-refractivity contribution < 1.29 is 0 Å². The highest BCUT2D eigenvalue weighted by Crippen LogP contribution is 2.60. The van der Waals surface area contributed by atoms with Gasteiger partial charge in [0.25, 0.3) is 0 Å². The van der Waals surface area contributed by atoms with Crippen molar-refractivity contribution in [3.05, 3.63) is 246 Å². The van der Waals surface area contributed by atoms with Crippen molar-refractivity contribution in [2.24, 2.45) is 0 Å². The molecule has 2 aliphatic rings. The Bertz CT molecular complexity index is 3570. The first-order valence-corrected chi connectivity index (χ1v) is 22.5. The summed E-state index contributed by atoms with van der Waals surface area (Å²) in [6.45, 7) is 4.76. The SMILES string of the molecule is CC1(C)c2ccccc2-c2ccc(N(c3ccc4c(c3)-c3c(ccc5c3sc3ccccc35)C4(c3ccccc3)c3ccccc3)c3cc4ccccc4c4ccccc34)cc21. The molecule has 13 rings (SSSR count). The highest BCUT2D eigenvalue weighted by Gasteiger charge is 2.47. The highest BCUT2D eigenvalue weighted by molar-refractivity contribution is 7.26. The number of hydrogen-bond donors (Lipinski definition) is 0. The Morgan fingerprint density at radius 1 is 0.387 bits per heavy atom. The van der Waals surface area contributed by atoms with Gasteiger partial charge in [0.1, 0.15) is 0 Å². The molecule has 1 heterocycles. The van der Waals surface area contributed by atoms with Crippen LogP contribution in [-0.2, 0) is 10.8 Å². The van der Waals surface area contributed by atoms with Crippen LogP contribution in [0.4, 0.5) is 17.1 Å². The zero-order chi connectivity index (χ0) is 41.2. The van der Waals surface area contributed by atoms with Crippen molar-refractivity contribution in [1.29, 1.82) is 0 Å². The number of thiophene rings is 1. The van der Waals surface area contributed by atoms with Gasteiger partial charge in [0.15, 0.2) is 0 Å². The number of hydrogen-bond acceptors (Lipinski definition) is 2. The predicted octanol–water partition coefficient (Wildman–Crippen LogP) is 16.5. The van der Waals surface area contributed by atoms with E-state index in [0.717, 1.165) is 11.4 Å². The van der Waals surface area contributed by atoms with Crippen molar-refractivity contribution in [3.8, 4) is 22.3 Å². The summed E-state index contributed by atoms with van der Waals surface area (Å²) < 4.78 is 2.66. The zero-order valence-electron chi connectivity index (χ0n) is 34.6. The minimum Gasteiger partial charge on any atom is -0.310 e. The topological polar surface area (TPSA) is 3.24 Å². The molecule has 0 spiro atoms. The molecule has 11 aromatic rings. The van der Waals surface area contributed by atoms with E-state index in [9.17, 15) is 0 Å². The Labute approximate surface area is 365 Å². The van der Waals surface area contributed by atoms with Crippen LogP contribution < -0.4 is 4.90 Å². The van der Waals surface area contributed by atoms with Gasteiger partial charge in [0, 0.05) is 47.9 Å². The molecule has 62 heavy (non-hydrogen) atoms. The van der Waals surface area contributed by atoms with E-state index in [-0.39, 0.29) is 5.41 Å². The van der Waals surface area contributed by atoms with Gasteiger partial charge in [-0.1, -0.05) is 190 Å². The Morgan fingerprint density at radius 3 is 1.77 bits per heavy atom. The molecule has 0 unspecified atom stereocenters. The average Bonchev–Trinajstić information content (AvgIpc) is 3.93. The highest BCUT2D eigenvalue weighted by atomic mass is 32.1. The van der Waals surface area contributed by atoms with Crippen molar-refractivity contribution in [2.45, 2.75) is 24.7 Å². The second kappa shape index (κ2) is 13.1. The summed E-state index contributed by atoms with van der Waals surface area (Å²) in [4.78, 5) is 2.55. The Morgan fingerprint density at radius 2 is 0.984 bits per heavy atom. The Kier molecular flexibility index (Phi) is 7.51. The molecule has 2 aliphatic carbocycles. The van der Waals surface area contributed by atoms with Gasteiger partial charge in [-0.3, -0.25) is 0 Å². The molecule has 10 aromatic carbocycles. The normalized spacial score (nSPS) is 14.2. The molecule has 1 aromatic heterocycles. The fourth-order valence-electron chi connectivity index (χ4n) is 11.4. The van der Waals surface area contributed by atoms with Gasteiger partial charge in [0.2, 0.25) is 0 Å². The number of rotatable bonds is 5. The maximum atomic E-state index is 2.55. The van der Waals surface area contributed by atoms with Gasteiger partial charge in [-0.2, -0.15) is 0 Å². The number of anilines is 3. The second-order valence-corrected chi connectivity index (χ2v) is 18.6. The van der Waals surface area contributed by atoms with Gasteiger partial charge < -0.3 is 4.90 Å². The van der Waals surface area contributed by atoms with Gasteiger partial charge in [-0.05, 0) is 103 Å². The summed E-state index contributed by atoms with van der Waals surface area (Å²) in [6.07, 6.45) is 0. The third-order valence-corrected chi connectivity index (χ3v) is 15.3. The van der Waals surface area contributed by atoms with Gasteiger partial charge in [-0.25, -0.2) is 0 Å². The summed E-state index contributed by atoms with van der Waals surface area (Å²) in [7, 11) is 0. The van der Waals surface area contributed by atoms with Gasteiger partial charge in [-0.15, -0.1) is 11.3 Å². The average molecular weight is 808 g/mol. The van der Waals surface area contributed by atoms with Crippen LogP contribution >= 0.6 is 11.3 Å². The third kappa shape index (κ3) is 4.79. The largest absolute Gasteiger partial charge is 0.310 e. The van der Waals surface area contributed by atoms with Crippen molar-refractivity contribution in [1.82, 2.24) is 0 Å². The molecular weight excluding hydrogens is 767 g/mol. The number of benzene rings is 10. The lowest BCUT2D eigenvalue weighted by Gasteiger charge is -2.34. The molecule has 0 bridgehead atoms. The first-order chi connectivity index (χ1) is 30.5. The molecule has 0 aliphatic heterocycles. The summed E-state index contributed by atoms with van der Waals surface area (Å²) in [6, 6.07) is 79.8. The maximum Gasteiger partial charge on any atom is 0.0714 e. The minimum absolute atomic E-state index is 0.145. The van der Waals surface area contributed by atoms with Crippen molar-refractivity contribution in [2.75, 3.05) is 4.90 Å². The van der Waals surface area contributed by atoms with Crippen LogP contribution in [0.25, 0.3) is 64.0 Å². The molecule has 0 amide bonds. The molecule has 0 saturated carbocycles. The molecule has 0 radical (unpaired) electrons. The van der Waals surface area contributed by atoms with E-state index >= 15 is 0 Å². The van der Waals surface area contributed by atoms with Crippen LogP contribution in [0.3, 0.4) is 0 Å². The summed E-state index contributed by atoms with van der Waals surface area (Å²) >= 11 is 1.93. The maximum absolute atomic E-state index is 2.55. The molecule has 0 fully saturated rings. The molecule has 0 atom stereocenters. The van der Waals surface area contributed by atoms with Crippen LogP contribution in [0.2, 0.25) is 0 Å². The lowest BCUT2D eigenvalue weighted by Crippen LogP contribution is -2.28. The van der Waals surface area contributed by atoms with Crippen molar-refractivity contribution in [3.63, 3.8) is 0 Å². The number of fused-ring (bicyclic) bond motifs is 13. The lowest BCUT2D eigenvalue weighted by atomic mass is 9.67. The molecule has 2 heteroatoms. The minimum atomic E-state index is -0.514. The smallest absolute Gasteiger partial charge is 0.0714 e. The van der Waals surface area contributed by atoms with Crippen molar-refractivity contribution >= 4 is 70.1 Å². The van der Waals surface area contributed by atoms with Gasteiger partial charge >= 0.3 is 0 Å². The van der Waals surface area contributed by atoms with E-state index in [1.54, 1.807) is 0 Å². The number of nitrogens with zero attached hydrogens (tertiary/aromatic N) is 1. The van der Waals surface area contributed by atoms with Crippen LogP contribution in [0.15, 0.2) is 212 Å². The zero-order valence-corrected chi connectivity index (χ0v) is 35.4. The first kappa shape index (κ1) is 35.5. The Balaban J connectivity index is 1.14. The summed E-state index contributed by atoms with van der Waals surface area (Å²) in [5.74, 6) is 0. The van der Waals surface area contributed by atoms with E-state index in [4.69, 9.17) is 0 Å². The summed E-state index contributed by atoms with van der Waals surface area (Å²) in [5.41, 5.74) is 16.0. The standard InChI is InChI=1S/C60H41NS/c1-59(2)51-27-15-13-24-45(51)46-31-29-42(37-54(46)59)61(55-35-38-17-9-10-22-43(38)44-23-11-12-25-47(44)55)41-30-33-52-50(36-41)57-53(34-32-49-48-26-14-16-28-56(48)62-58(49)57)60(52,39-18-5-3-6-19-39)40-20-7-4-8-21-40/h3-37H,1-2H3. The molecule has 0 saturated heterocycles. The van der Waals surface area contributed by atoms with E-state index in [1.165, 1.54) is 103 Å². The van der Waals surface area contributed by atoms with Crippen LogP contribution in [0, 0.1) is 0 Å². The van der Waals surface area contributed by atoms with Crippen LogP contribution in [0.1, 0.15) is 47.2 Å². The van der Waals surface area contributed by atoms with Gasteiger partial charge in [0.05, 0.1) is 11.1 Å². The second-order valence-electron chi connectivity index (χ2n) is 17.6. The molecule has 292 valence electrons. The van der Waals surface area contributed by atoms with Crippen LogP contribution in [0.5, 0.6) is 0 Å². The molecular formula is C60H41NS. The first-order valence-electron chi connectivity index (χ1n) is 21.7. The van der Waals surface area contributed by atoms with Crippen LogP contribution in [-0.4, -0.2) is 0 Å². The molecule has 0 N–H and O–H groups in total. The summed E-state index contributed by atoms with van der Waals surface area (Å²) in [5, 5.41) is 7.61. The van der Waals surface area contributed by atoms with E-state index in [0.29, 0.717) is 0 Å².